The molecule has 1 heterocycles. The molecule has 144 valence electrons. The second-order valence-electron chi connectivity index (χ2n) is 6.49. The van der Waals surface area contributed by atoms with Crippen molar-refractivity contribution in [3.8, 4) is 0 Å². The molecule has 1 aliphatic carbocycles. The Bertz CT molecular complexity index is 992. The first-order valence-electron chi connectivity index (χ1n) is 8.43. The van der Waals surface area contributed by atoms with Gasteiger partial charge in [-0.1, -0.05) is 0 Å². The third-order valence-electron chi connectivity index (χ3n) is 4.51. The van der Waals surface area contributed by atoms with Crippen LogP contribution in [-0.2, 0) is 22.9 Å². The summed E-state index contributed by atoms with van der Waals surface area (Å²) in [5, 5.41) is 12.6. The van der Waals surface area contributed by atoms with Gasteiger partial charge in [0.05, 0.1) is 10.5 Å². The summed E-state index contributed by atoms with van der Waals surface area (Å²) in [4.78, 5) is 25.3. The number of aryl methyl sites for hydroxylation is 1. The largest absolute Gasteiger partial charge is 0.478 e. The molecule has 1 amide bonds. The van der Waals surface area contributed by atoms with E-state index in [-0.39, 0.29) is 16.0 Å². The third-order valence-corrected chi connectivity index (χ3v) is 7.54. The molecule has 0 fully saturated rings. The van der Waals surface area contributed by atoms with E-state index in [2.05, 4.69) is 5.32 Å². The molecule has 0 radical (unpaired) electrons. The molecule has 2 N–H and O–H groups in total. The molecule has 0 saturated heterocycles. The zero-order valence-electron chi connectivity index (χ0n) is 15.0. The van der Waals surface area contributed by atoms with Crippen LogP contribution in [0.3, 0.4) is 0 Å². The lowest BCUT2D eigenvalue weighted by Gasteiger charge is -2.12. The van der Waals surface area contributed by atoms with E-state index >= 15 is 0 Å². The Morgan fingerprint density at radius 2 is 1.74 bits per heavy atom. The quantitative estimate of drug-likeness (QED) is 0.792. The number of anilines is 1. The molecular formula is C18H20N2O5S2. The van der Waals surface area contributed by atoms with Gasteiger partial charge in [0.2, 0.25) is 10.0 Å². The number of nitrogens with one attached hydrogen (secondary N) is 1. The first-order chi connectivity index (χ1) is 12.7. The van der Waals surface area contributed by atoms with Crippen molar-refractivity contribution in [2.24, 2.45) is 0 Å². The summed E-state index contributed by atoms with van der Waals surface area (Å²) < 4.78 is 25.3. The van der Waals surface area contributed by atoms with Crippen molar-refractivity contribution in [1.29, 1.82) is 0 Å². The van der Waals surface area contributed by atoms with Crippen molar-refractivity contribution < 1.29 is 23.1 Å². The lowest BCUT2D eigenvalue weighted by molar-refractivity contribution is 0.0697. The highest BCUT2D eigenvalue weighted by molar-refractivity contribution is 7.89. The average molecular weight is 409 g/mol. The number of thiophene rings is 1. The second-order valence-corrected chi connectivity index (χ2v) is 9.74. The van der Waals surface area contributed by atoms with Gasteiger partial charge in [-0.15, -0.1) is 11.3 Å². The van der Waals surface area contributed by atoms with Crippen LogP contribution in [0.25, 0.3) is 0 Å². The lowest BCUT2D eigenvalue weighted by Crippen LogP contribution is -2.22. The van der Waals surface area contributed by atoms with E-state index in [0.29, 0.717) is 11.4 Å². The number of carboxylic acids is 1. The van der Waals surface area contributed by atoms with Gasteiger partial charge in [-0.05, 0) is 55.5 Å². The maximum Gasteiger partial charge on any atom is 0.339 e. The van der Waals surface area contributed by atoms with E-state index in [1.165, 1.54) is 49.7 Å². The molecule has 0 spiro atoms. The van der Waals surface area contributed by atoms with Crippen LogP contribution in [0.1, 0.15) is 44.0 Å². The molecule has 27 heavy (non-hydrogen) atoms. The van der Waals surface area contributed by atoms with Crippen LogP contribution in [0.4, 0.5) is 5.00 Å². The van der Waals surface area contributed by atoms with Crippen molar-refractivity contribution in [3.63, 3.8) is 0 Å². The minimum absolute atomic E-state index is 0.0851. The monoisotopic (exact) mass is 408 g/mol. The highest BCUT2D eigenvalue weighted by Crippen LogP contribution is 2.38. The first kappa shape index (κ1) is 19.5. The van der Waals surface area contributed by atoms with Crippen molar-refractivity contribution in [2.45, 2.75) is 30.6 Å². The smallest absolute Gasteiger partial charge is 0.339 e. The van der Waals surface area contributed by atoms with Crippen LogP contribution in [0.2, 0.25) is 0 Å². The predicted molar refractivity (Wildman–Crippen MR) is 103 cm³/mol. The molecule has 0 atom stereocenters. The van der Waals surface area contributed by atoms with Gasteiger partial charge in [-0.3, -0.25) is 4.79 Å². The molecule has 1 aromatic heterocycles. The minimum Gasteiger partial charge on any atom is -0.478 e. The van der Waals surface area contributed by atoms with Crippen molar-refractivity contribution in [1.82, 2.24) is 4.31 Å². The molecule has 0 bridgehead atoms. The van der Waals surface area contributed by atoms with E-state index in [0.717, 1.165) is 34.0 Å². The highest BCUT2D eigenvalue weighted by Gasteiger charge is 2.26. The molecule has 0 saturated carbocycles. The normalized spacial score (nSPS) is 14.0. The summed E-state index contributed by atoms with van der Waals surface area (Å²) >= 11 is 1.31. The van der Waals surface area contributed by atoms with Gasteiger partial charge >= 0.3 is 5.97 Å². The molecule has 7 nitrogen and oxygen atoms in total. The van der Waals surface area contributed by atoms with Gasteiger partial charge in [0.1, 0.15) is 5.00 Å². The Labute approximate surface area is 161 Å². The maximum atomic E-state index is 12.5. The zero-order chi connectivity index (χ0) is 19.8. The van der Waals surface area contributed by atoms with Crippen LogP contribution in [-0.4, -0.2) is 43.8 Å². The molecule has 1 aliphatic rings. The maximum absolute atomic E-state index is 12.5. The van der Waals surface area contributed by atoms with Gasteiger partial charge in [-0.2, -0.15) is 0 Å². The number of hydrogen-bond acceptors (Lipinski definition) is 5. The molecule has 3 rings (SSSR count). The number of carboxylic acid groups (broad SMARTS) is 1. The Hall–Kier alpha value is -2.23. The molecule has 9 heteroatoms. The van der Waals surface area contributed by atoms with Crippen LogP contribution in [0.5, 0.6) is 0 Å². The number of benzene rings is 1. The fourth-order valence-electron chi connectivity index (χ4n) is 3.04. The SMILES string of the molecule is CN(C)S(=O)(=O)c1ccc(C(=O)Nc2sc3c(c2C(=O)O)CCCC3)cc1. The van der Waals surface area contributed by atoms with Crippen molar-refractivity contribution in [2.75, 3.05) is 19.4 Å². The number of fused-ring (bicyclic) bond motifs is 1. The van der Waals surface area contributed by atoms with Gasteiger partial charge in [0.15, 0.2) is 0 Å². The van der Waals surface area contributed by atoms with E-state index in [4.69, 9.17) is 0 Å². The van der Waals surface area contributed by atoms with Gasteiger partial charge in [0.25, 0.3) is 5.91 Å². The fourth-order valence-corrected chi connectivity index (χ4v) is 5.22. The van der Waals surface area contributed by atoms with Crippen LogP contribution in [0.15, 0.2) is 29.2 Å². The number of aromatic carboxylic acids is 1. The fraction of sp³-hybridized carbons (Fsp3) is 0.333. The van der Waals surface area contributed by atoms with Gasteiger partial charge < -0.3 is 10.4 Å². The number of amides is 1. The number of nitrogens with zero attached hydrogens (tertiary/aromatic N) is 1. The van der Waals surface area contributed by atoms with Crippen LogP contribution in [0, 0.1) is 0 Å². The molecule has 0 unspecified atom stereocenters. The van der Waals surface area contributed by atoms with Gasteiger partial charge in [0, 0.05) is 24.5 Å². The number of hydrogen-bond donors (Lipinski definition) is 2. The predicted octanol–water partition coefficient (Wildman–Crippen LogP) is 2.83. The standard InChI is InChI=1S/C18H20N2O5S2/c1-20(2)27(24,25)12-9-7-11(8-10-12)16(21)19-17-15(18(22)23)13-5-3-4-6-14(13)26-17/h7-10H,3-6H2,1-2H3,(H,19,21)(H,22,23). The van der Waals surface area contributed by atoms with E-state index in [9.17, 15) is 23.1 Å². The number of rotatable bonds is 5. The average Bonchev–Trinajstić information content (AvgIpc) is 2.99. The summed E-state index contributed by atoms with van der Waals surface area (Å²) in [6.07, 6.45) is 3.49. The summed E-state index contributed by atoms with van der Waals surface area (Å²) in [6.45, 7) is 0. The van der Waals surface area contributed by atoms with Crippen molar-refractivity contribution in [3.05, 3.63) is 45.8 Å². The topological polar surface area (TPSA) is 104 Å². The lowest BCUT2D eigenvalue weighted by atomic mass is 9.95. The van der Waals surface area contributed by atoms with Crippen LogP contribution >= 0.6 is 11.3 Å². The highest BCUT2D eigenvalue weighted by atomic mass is 32.2. The number of carbonyl (C=O) groups is 2. The van der Waals surface area contributed by atoms with Gasteiger partial charge in [-0.25, -0.2) is 17.5 Å². The summed E-state index contributed by atoms with van der Waals surface area (Å²) in [6, 6.07) is 5.56. The number of sulfonamides is 1. The third kappa shape index (κ3) is 3.76. The first-order valence-corrected chi connectivity index (χ1v) is 10.7. The molecule has 2 aromatic rings. The summed E-state index contributed by atoms with van der Waals surface area (Å²) in [7, 11) is -0.707. The van der Waals surface area contributed by atoms with Crippen LogP contribution < -0.4 is 5.32 Å². The van der Waals surface area contributed by atoms with E-state index < -0.39 is 21.9 Å². The minimum atomic E-state index is -3.57. The zero-order valence-corrected chi connectivity index (χ0v) is 16.6. The van der Waals surface area contributed by atoms with Crippen molar-refractivity contribution >= 4 is 38.2 Å². The Morgan fingerprint density at radius 1 is 1.11 bits per heavy atom. The number of carbonyl (C=O) groups excluding carboxylic acids is 1. The Balaban J connectivity index is 1.86. The molecule has 0 aliphatic heterocycles. The summed E-state index contributed by atoms with van der Waals surface area (Å²) in [5.74, 6) is -1.51. The van der Waals surface area contributed by atoms with E-state index in [1.54, 1.807) is 0 Å². The second kappa shape index (κ2) is 7.41. The Kier molecular flexibility index (Phi) is 5.36. The summed E-state index contributed by atoms with van der Waals surface area (Å²) in [5.41, 5.74) is 1.26. The van der Waals surface area contributed by atoms with E-state index in [1.807, 2.05) is 0 Å². The molecular weight excluding hydrogens is 388 g/mol. The molecule has 1 aromatic carbocycles. The Morgan fingerprint density at radius 3 is 2.33 bits per heavy atom.